The van der Waals surface area contributed by atoms with Crippen molar-refractivity contribution in [2.45, 2.75) is 0 Å². The number of carbonyl (C=O) groups is 1. The molecule has 0 unspecified atom stereocenters. The molecule has 0 fully saturated rings. The molecule has 1 aliphatic rings. The highest BCUT2D eigenvalue weighted by molar-refractivity contribution is 5.72. The predicted molar refractivity (Wildman–Crippen MR) is 29.3 cm³/mol. The van der Waals surface area contributed by atoms with E-state index in [1.807, 2.05) is 0 Å². The fourth-order valence-electron chi connectivity index (χ4n) is 0.529. The van der Waals surface area contributed by atoms with E-state index >= 15 is 0 Å². The largest absolute Gasteiger partial charge is 0.367 e. The van der Waals surface area contributed by atoms with Crippen molar-refractivity contribution >= 4 is 6.29 Å². The maximum Gasteiger partial charge on any atom is 0.240 e. The number of hydrogen-bond donors (Lipinski definition) is 2. The first-order chi connectivity index (χ1) is 4.24. The molecule has 0 aliphatic carbocycles. The van der Waals surface area contributed by atoms with E-state index in [2.05, 4.69) is 5.43 Å². The van der Waals surface area contributed by atoms with Crippen molar-refractivity contribution in [1.29, 1.82) is 0 Å². The molecular formula is C4H7N3O2. The van der Waals surface area contributed by atoms with E-state index in [1.54, 1.807) is 7.05 Å². The van der Waals surface area contributed by atoms with Gasteiger partial charge in [0.25, 0.3) is 0 Å². The highest BCUT2D eigenvalue weighted by Crippen LogP contribution is 2.03. The normalized spacial score (nSPS) is 19.2. The molecule has 5 nitrogen and oxygen atoms in total. The minimum absolute atomic E-state index is 0.104. The van der Waals surface area contributed by atoms with Crippen LogP contribution in [0.25, 0.3) is 0 Å². The fourth-order valence-corrected chi connectivity index (χ4v) is 0.529. The monoisotopic (exact) mass is 129 g/mol. The van der Waals surface area contributed by atoms with Crippen LogP contribution in [-0.2, 0) is 9.63 Å². The molecule has 0 spiro atoms. The first-order valence-corrected chi connectivity index (χ1v) is 2.37. The first kappa shape index (κ1) is 5.90. The zero-order chi connectivity index (χ0) is 6.85. The van der Waals surface area contributed by atoms with Crippen LogP contribution in [0, 0.1) is 0 Å². The number of nitrogens with one attached hydrogen (secondary N) is 1. The molecule has 0 radical (unpaired) electrons. The quantitative estimate of drug-likeness (QED) is 0.430. The summed E-state index contributed by atoms with van der Waals surface area (Å²) in [6, 6.07) is 0. The Hall–Kier alpha value is -1.23. The molecule has 0 aromatic heterocycles. The fraction of sp³-hybridized carbons (Fsp3) is 0.250. The van der Waals surface area contributed by atoms with Crippen LogP contribution in [0.5, 0.6) is 0 Å². The molecule has 50 valence electrons. The lowest BCUT2D eigenvalue weighted by Gasteiger charge is -2.05. The summed E-state index contributed by atoms with van der Waals surface area (Å²) < 4.78 is 0. The van der Waals surface area contributed by atoms with Gasteiger partial charge in [-0.1, -0.05) is 5.17 Å². The number of nitrogens with zero attached hydrogens (tertiary/aromatic N) is 1. The summed E-state index contributed by atoms with van der Waals surface area (Å²) in [6.07, 6.45) is 0.596. The van der Waals surface area contributed by atoms with Crippen molar-refractivity contribution in [3.8, 4) is 0 Å². The second-order valence-corrected chi connectivity index (χ2v) is 1.60. The van der Waals surface area contributed by atoms with Crippen LogP contribution in [0.3, 0.4) is 0 Å². The Morgan fingerprint density at radius 1 is 1.89 bits per heavy atom. The number of hydrogen-bond acceptors (Lipinski definition) is 5. The van der Waals surface area contributed by atoms with Gasteiger partial charge in [0.1, 0.15) is 0 Å². The Bertz CT molecular complexity index is 165. The standard InChI is InChI=1S/C4H7N3O2/c1-7-6-3(2-8)4(5)9-7/h2,6H,5H2,1H3. The Labute approximate surface area is 52.0 Å². The van der Waals surface area contributed by atoms with Gasteiger partial charge in [0.05, 0.1) is 0 Å². The van der Waals surface area contributed by atoms with Crippen LogP contribution < -0.4 is 11.2 Å². The van der Waals surface area contributed by atoms with E-state index in [0.29, 0.717) is 6.29 Å². The number of rotatable bonds is 1. The van der Waals surface area contributed by atoms with E-state index in [9.17, 15) is 4.79 Å². The maximum absolute atomic E-state index is 10.1. The molecule has 1 rings (SSSR count). The zero-order valence-corrected chi connectivity index (χ0v) is 4.92. The van der Waals surface area contributed by atoms with Gasteiger partial charge in [-0.2, -0.15) is 0 Å². The van der Waals surface area contributed by atoms with Crippen molar-refractivity contribution in [3.05, 3.63) is 11.6 Å². The molecule has 1 aliphatic heterocycles. The third kappa shape index (κ3) is 0.945. The number of hydroxylamine groups is 1. The summed E-state index contributed by atoms with van der Waals surface area (Å²) in [5.41, 5.74) is 8.01. The molecule has 0 bridgehead atoms. The lowest BCUT2D eigenvalue weighted by Crippen LogP contribution is -2.26. The average Bonchev–Trinajstić information content (AvgIpc) is 2.10. The van der Waals surface area contributed by atoms with E-state index in [0.717, 1.165) is 0 Å². The highest BCUT2D eigenvalue weighted by atomic mass is 16.7. The maximum atomic E-state index is 10.1. The zero-order valence-electron chi connectivity index (χ0n) is 4.92. The SMILES string of the molecule is CN1NC(C=O)=C(N)O1. The molecule has 0 saturated carbocycles. The van der Waals surface area contributed by atoms with Crippen LogP contribution in [-0.4, -0.2) is 18.5 Å². The van der Waals surface area contributed by atoms with Gasteiger partial charge in [0, 0.05) is 7.05 Å². The van der Waals surface area contributed by atoms with Crippen molar-refractivity contribution in [1.82, 2.24) is 10.6 Å². The minimum Gasteiger partial charge on any atom is -0.367 e. The van der Waals surface area contributed by atoms with E-state index in [-0.39, 0.29) is 11.6 Å². The van der Waals surface area contributed by atoms with Crippen molar-refractivity contribution < 1.29 is 9.63 Å². The lowest BCUT2D eigenvalue weighted by molar-refractivity contribution is -0.110. The summed E-state index contributed by atoms with van der Waals surface area (Å²) in [4.78, 5) is 14.8. The highest BCUT2D eigenvalue weighted by Gasteiger charge is 2.15. The molecule has 0 aromatic carbocycles. The molecule has 1 heterocycles. The summed E-state index contributed by atoms with van der Waals surface area (Å²) in [5, 5.41) is 1.25. The third-order valence-electron chi connectivity index (χ3n) is 0.896. The Balaban J connectivity index is 2.69. The van der Waals surface area contributed by atoms with Gasteiger partial charge in [-0.05, 0) is 0 Å². The van der Waals surface area contributed by atoms with Gasteiger partial charge in [-0.3, -0.25) is 10.2 Å². The summed E-state index contributed by atoms with van der Waals surface area (Å²) >= 11 is 0. The molecule has 0 saturated heterocycles. The molecule has 3 N–H and O–H groups in total. The average molecular weight is 129 g/mol. The topological polar surface area (TPSA) is 67.6 Å². The smallest absolute Gasteiger partial charge is 0.240 e. The molecule has 9 heavy (non-hydrogen) atoms. The lowest BCUT2D eigenvalue weighted by atomic mass is 10.5. The Morgan fingerprint density at radius 3 is 2.78 bits per heavy atom. The summed E-state index contributed by atoms with van der Waals surface area (Å²) in [6.45, 7) is 0. The van der Waals surface area contributed by atoms with Gasteiger partial charge < -0.3 is 10.6 Å². The van der Waals surface area contributed by atoms with Crippen LogP contribution in [0.15, 0.2) is 11.6 Å². The molecule has 0 amide bonds. The van der Waals surface area contributed by atoms with Gasteiger partial charge in [0.15, 0.2) is 12.0 Å². The van der Waals surface area contributed by atoms with Crippen LogP contribution in [0.1, 0.15) is 0 Å². The minimum atomic E-state index is 0.104. The number of carbonyl (C=O) groups excluding carboxylic acids is 1. The van der Waals surface area contributed by atoms with Gasteiger partial charge >= 0.3 is 0 Å². The number of allylic oxidation sites excluding steroid dienone is 1. The van der Waals surface area contributed by atoms with E-state index in [4.69, 9.17) is 10.6 Å². The van der Waals surface area contributed by atoms with Crippen LogP contribution in [0.4, 0.5) is 0 Å². The summed E-state index contributed by atoms with van der Waals surface area (Å²) in [7, 11) is 1.60. The molecule has 0 atom stereocenters. The van der Waals surface area contributed by atoms with E-state index < -0.39 is 0 Å². The van der Waals surface area contributed by atoms with Crippen LogP contribution in [0.2, 0.25) is 0 Å². The van der Waals surface area contributed by atoms with Gasteiger partial charge in [-0.25, -0.2) is 0 Å². The van der Waals surface area contributed by atoms with Crippen molar-refractivity contribution in [2.24, 2.45) is 5.73 Å². The molecular weight excluding hydrogens is 122 g/mol. The van der Waals surface area contributed by atoms with E-state index in [1.165, 1.54) is 5.17 Å². The predicted octanol–water partition coefficient (Wildman–Crippen LogP) is -1.31. The first-order valence-electron chi connectivity index (χ1n) is 2.37. The second kappa shape index (κ2) is 1.94. The third-order valence-corrected chi connectivity index (χ3v) is 0.896. The second-order valence-electron chi connectivity index (χ2n) is 1.60. The van der Waals surface area contributed by atoms with Gasteiger partial charge in [0.2, 0.25) is 5.88 Å². The number of aldehydes is 1. The van der Waals surface area contributed by atoms with Crippen molar-refractivity contribution in [3.63, 3.8) is 0 Å². The Kier molecular flexibility index (Phi) is 1.27. The van der Waals surface area contributed by atoms with Crippen molar-refractivity contribution in [2.75, 3.05) is 7.05 Å². The Morgan fingerprint density at radius 2 is 2.56 bits per heavy atom. The van der Waals surface area contributed by atoms with Crippen LogP contribution >= 0.6 is 0 Å². The molecule has 5 heteroatoms. The molecule has 0 aromatic rings. The van der Waals surface area contributed by atoms with Gasteiger partial charge in [-0.15, -0.1) is 0 Å². The number of nitrogens with two attached hydrogens (primary N) is 1. The summed E-state index contributed by atoms with van der Waals surface area (Å²) in [5.74, 6) is 0.104. The number of hydrazine groups is 1.